The van der Waals surface area contributed by atoms with Crippen LogP contribution in [0.1, 0.15) is 17.3 Å². The van der Waals surface area contributed by atoms with Crippen molar-refractivity contribution in [3.8, 4) is 0 Å². The van der Waals surface area contributed by atoms with Crippen LogP contribution in [-0.2, 0) is 16.6 Å². The van der Waals surface area contributed by atoms with E-state index in [-0.39, 0.29) is 17.1 Å². The number of H-pyrrole nitrogens is 2. The van der Waals surface area contributed by atoms with Crippen molar-refractivity contribution in [1.82, 2.24) is 19.7 Å². The van der Waals surface area contributed by atoms with E-state index in [1.165, 1.54) is 18.2 Å². The number of fused-ring (bicyclic) bond motifs is 1. The van der Waals surface area contributed by atoms with Gasteiger partial charge in [-0.3, -0.25) is 0 Å². The molecule has 116 valence electrons. The average Bonchev–Trinajstić information content (AvgIpc) is 2.96. The summed E-state index contributed by atoms with van der Waals surface area (Å²) in [4.78, 5) is 20.4. The lowest BCUT2D eigenvalue weighted by Crippen LogP contribution is -2.23. The molecule has 0 unspecified atom stereocenters. The largest absolute Gasteiger partial charge is 0.444 e. The number of benzene rings is 1. The minimum atomic E-state index is -3.72. The number of sulfonamides is 1. The molecule has 1 aromatic carbocycles. The van der Waals surface area contributed by atoms with E-state index >= 15 is 0 Å². The van der Waals surface area contributed by atoms with Gasteiger partial charge in [-0.05, 0) is 25.1 Å². The number of aromatic amines is 2. The Morgan fingerprint density at radius 2 is 1.95 bits per heavy atom. The van der Waals surface area contributed by atoms with E-state index in [0.29, 0.717) is 28.4 Å². The summed E-state index contributed by atoms with van der Waals surface area (Å²) in [7, 11) is -3.72. The fraction of sp³-hybridized carbons (Fsp3) is 0.231. The second-order valence-corrected chi connectivity index (χ2v) is 6.62. The van der Waals surface area contributed by atoms with Crippen molar-refractivity contribution in [2.75, 3.05) is 0 Å². The van der Waals surface area contributed by atoms with Gasteiger partial charge in [0.05, 0.1) is 28.2 Å². The summed E-state index contributed by atoms with van der Waals surface area (Å²) in [5.41, 5.74) is 1.24. The van der Waals surface area contributed by atoms with E-state index in [2.05, 4.69) is 19.7 Å². The van der Waals surface area contributed by atoms with Crippen LogP contribution in [0.25, 0.3) is 11.0 Å². The summed E-state index contributed by atoms with van der Waals surface area (Å²) in [6.07, 6.45) is 0. The third-order valence-electron chi connectivity index (χ3n) is 3.22. The molecule has 0 spiro atoms. The number of aryl methyl sites for hydroxylation is 2. The normalized spacial score (nSPS) is 12.1. The quantitative estimate of drug-likeness (QED) is 0.660. The van der Waals surface area contributed by atoms with Crippen LogP contribution in [0.4, 0.5) is 0 Å². The zero-order chi connectivity index (χ0) is 15.9. The van der Waals surface area contributed by atoms with Crippen molar-refractivity contribution in [1.29, 1.82) is 0 Å². The molecule has 3 rings (SSSR count). The molecule has 8 nitrogen and oxygen atoms in total. The third kappa shape index (κ3) is 2.68. The van der Waals surface area contributed by atoms with Crippen molar-refractivity contribution >= 4 is 21.1 Å². The lowest BCUT2D eigenvalue weighted by atomic mass is 10.3. The SMILES string of the molecule is Cc1nc(C)c(CNS(=O)(=O)c2ccc3[nH]c(=O)[nH]c3c2)o1. The molecule has 0 aliphatic heterocycles. The molecule has 0 atom stereocenters. The van der Waals surface area contributed by atoms with Crippen molar-refractivity contribution < 1.29 is 12.8 Å². The van der Waals surface area contributed by atoms with Gasteiger partial charge in [0.1, 0.15) is 5.76 Å². The van der Waals surface area contributed by atoms with Gasteiger partial charge in [0.15, 0.2) is 5.89 Å². The Morgan fingerprint density at radius 1 is 1.23 bits per heavy atom. The van der Waals surface area contributed by atoms with Gasteiger partial charge in [-0.25, -0.2) is 22.9 Å². The van der Waals surface area contributed by atoms with E-state index < -0.39 is 10.0 Å². The van der Waals surface area contributed by atoms with Crippen molar-refractivity contribution in [2.24, 2.45) is 0 Å². The average molecular weight is 322 g/mol. The third-order valence-corrected chi connectivity index (χ3v) is 4.62. The Hall–Kier alpha value is -2.39. The van der Waals surface area contributed by atoms with Crippen molar-refractivity contribution in [2.45, 2.75) is 25.3 Å². The van der Waals surface area contributed by atoms with E-state index in [4.69, 9.17) is 4.42 Å². The van der Waals surface area contributed by atoms with Crippen LogP contribution < -0.4 is 10.4 Å². The van der Waals surface area contributed by atoms with E-state index in [9.17, 15) is 13.2 Å². The smallest absolute Gasteiger partial charge is 0.323 e. The molecule has 0 bridgehead atoms. The number of hydrogen-bond donors (Lipinski definition) is 3. The van der Waals surface area contributed by atoms with Gasteiger partial charge in [-0.1, -0.05) is 0 Å². The Labute approximate surface area is 125 Å². The zero-order valence-electron chi connectivity index (χ0n) is 11.9. The number of aromatic nitrogens is 3. The molecule has 0 amide bonds. The van der Waals surface area contributed by atoms with E-state index in [1.54, 1.807) is 13.8 Å². The number of nitrogens with one attached hydrogen (secondary N) is 3. The lowest BCUT2D eigenvalue weighted by molar-refractivity contribution is 0.466. The number of oxazole rings is 1. The Bertz CT molecular complexity index is 997. The first-order valence-corrected chi connectivity index (χ1v) is 7.98. The number of rotatable bonds is 4. The molecule has 22 heavy (non-hydrogen) atoms. The molecule has 2 aromatic heterocycles. The zero-order valence-corrected chi connectivity index (χ0v) is 12.7. The topological polar surface area (TPSA) is 121 Å². The van der Waals surface area contributed by atoms with Gasteiger partial charge in [0.2, 0.25) is 10.0 Å². The van der Waals surface area contributed by atoms with Crippen LogP contribution in [0.5, 0.6) is 0 Å². The molecule has 3 aromatic rings. The summed E-state index contributed by atoms with van der Waals surface area (Å²) >= 11 is 0. The Balaban J connectivity index is 1.87. The van der Waals surface area contributed by atoms with Crippen LogP contribution in [0, 0.1) is 13.8 Å². The fourth-order valence-corrected chi connectivity index (χ4v) is 3.17. The molecule has 0 saturated heterocycles. The molecule has 0 aliphatic rings. The van der Waals surface area contributed by atoms with Gasteiger partial charge < -0.3 is 14.4 Å². The van der Waals surface area contributed by atoms with Gasteiger partial charge in [-0.2, -0.15) is 0 Å². The predicted octanol–water partition coefficient (Wildman–Crippen LogP) is 0.940. The highest BCUT2D eigenvalue weighted by atomic mass is 32.2. The van der Waals surface area contributed by atoms with Crippen molar-refractivity contribution in [3.63, 3.8) is 0 Å². The molecule has 9 heteroatoms. The number of imidazole rings is 1. The van der Waals surface area contributed by atoms with Crippen LogP contribution in [0.15, 0.2) is 32.3 Å². The Kier molecular flexibility index (Phi) is 3.38. The van der Waals surface area contributed by atoms with Gasteiger partial charge in [-0.15, -0.1) is 0 Å². The summed E-state index contributed by atoms with van der Waals surface area (Å²) in [6, 6.07) is 4.35. The molecule has 0 aliphatic carbocycles. The molecule has 0 saturated carbocycles. The van der Waals surface area contributed by atoms with Gasteiger partial charge in [0.25, 0.3) is 0 Å². The standard InChI is InChI=1S/C13H14N4O4S/c1-7-12(21-8(2)15-7)6-14-22(19,20)9-3-4-10-11(5-9)17-13(18)16-10/h3-5,14H,6H2,1-2H3,(H2,16,17,18). The molecule has 0 radical (unpaired) electrons. The Morgan fingerprint density at radius 3 is 2.64 bits per heavy atom. The first kappa shape index (κ1) is 14.5. The second kappa shape index (κ2) is 5.11. The second-order valence-electron chi connectivity index (χ2n) is 4.85. The summed E-state index contributed by atoms with van der Waals surface area (Å²) in [5.74, 6) is 0.954. The van der Waals surface area contributed by atoms with Crippen LogP contribution in [-0.4, -0.2) is 23.4 Å². The van der Waals surface area contributed by atoms with Gasteiger partial charge in [0, 0.05) is 6.92 Å². The van der Waals surface area contributed by atoms with Crippen molar-refractivity contribution in [3.05, 3.63) is 46.0 Å². The number of nitrogens with zero attached hydrogens (tertiary/aromatic N) is 1. The molecular formula is C13H14N4O4S. The van der Waals surface area contributed by atoms with Gasteiger partial charge >= 0.3 is 5.69 Å². The highest BCUT2D eigenvalue weighted by Gasteiger charge is 2.17. The molecule has 0 fully saturated rings. The fourth-order valence-electron chi connectivity index (χ4n) is 2.16. The molecule has 3 N–H and O–H groups in total. The van der Waals surface area contributed by atoms with E-state index in [0.717, 1.165) is 0 Å². The van der Waals surface area contributed by atoms with Crippen LogP contribution in [0.3, 0.4) is 0 Å². The van der Waals surface area contributed by atoms with Crippen LogP contribution in [0.2, 0.25) is 0 Å². The minimum Gasteiger partial charge on any atom is -0.444 e. The van der Waals surface area contributed by atoms with Crippen LogP contribution >= 0.6 is 0 Å². The lowest BCUT2D eigenvalue weighted by Gasteiger charge is -2.05. The van der Waals surface area contributed by atoms with E-state index in [1.807, 2.05) is 0 Å². The molecular weight excluding hydrogens is 308 g/mol. The summed E-state index contributed by atoms with van der Waals surface area (Å²) in [5, 5.41) is 0. The highest BCUT2D eigenvalue weighted by molar-refractivity contribution is 7.89. The maximum Gasteiger partial charge on any atom is 0.323 e. The maximum atomic E-state index is 12.3. The summed E-state index contributed by atoms with van der Waals surface area (Å²) < 4.78 is 32.4. The predicted molar refractivity (Wildman–Crippen MR) is 78.9 cm³/mol. The first-order valence-electron chi connectivity index (χ1n) is 6.50. The monoisotopic (exact) mass is 322 g/mol. The summed E-state index contributed by atoms with van der Waals surface area (Å²) in [6.45, 7) is 3.45. The minimum absolute atomic E-state index is 0.0106. The first-order chi connectivity index (χ1) is 10.3. The molecule has 2 heterocycles. The highest BCUT2D eigenvalue weighted by Crippen LogP contribution is 2.16. The maximum absolute atomic E-state index is 12.3. The number of hydrogen-bond acceptors (Lipinski definition) is 5.